The van der Waals surface area contributed by atoms with Gasteiger partial charge in [-0.2, -0.15) is 0 Å². The first-order chi connectivity index (χ1) is 9.08. The number of hydrogen-bond donors (Lipinski definition) is 1. The fourth-order valence-corrected chi connectivity index (χ4v) is 2.55. The molecular weight excluding hydrogens is 234 g/mol. The third-order valence-electron chi connectivity index (χ3n) is 3.63. The van der Waals surface area contributed by atoms with E-state index in [0.717, 1.165) is 19.6 Å². The second-order valence-corrected chi connectivity index (χ2v) is 5.45. The molecule has 0 saturated heterocycles. The van der Waals surface area contributed by atoms with Crippen LogP contribution in [0.15, 0.2) is 30.3 Å². The van der Waals surface area contributed by atoms with Gasteiger partial charge in [-0.05, 0) is 40.2 Å². The molecule has 0 heterocycles. The number of likely N-dealkylation sites (N-methyl/N-ethyl adjacent to an activating group) is 3. The lowest BCUT2D eigenvalue weighted by Gasteiger charge is -2.33. The van der Waals surface area contributed by atoms with Crippen molar-refractivity contribution in [2.24, 2.45) is 0 Å². The Balaban J connectivity index is 2.67. The van der Waals surface area contributed by atoms with Crippen molar-refractivity contribution in [3.05, 3.63) is 35.9 Å². The van der Waals surface area contributed by atoms with Crippen molar-refractivity contribution in [1.82, 2.24) is 15.1 Å². The molecule has 0 aliphatic heterocycles. The summed E-state index contributed by atoms with van der Waals surface area (Å²) in [6.45, 7) is 7.77. The van der Waals surface area contributed by atoms with E-state index >= 15 is 0 Å². The van der Waals surface area contributed by atoms with Gasteiger partial charge in [0, 0.05) is 25.2 Å². The third kappa shape index (κ3) is 5.31. The van der Waals surface area contributed by atoms with Crippen LogP contribution in [0, 0.1) is 0 Å². The first kappa shape index (κ1) is 16.2. The van der Waals surface area contributed by atoms with Crippen LogP contribution in [0.25, 0.3) is 0 Å². The maximum absolute atomic E-state index is 3.44. The van der Waals surface area contributed by atoms with E-state index in [1.165, 1.54) is 5.56 Å². The van der Waals surface area contributed by atoms with Gasteiger partial charge < -0.3 is 10.2 Å². The maximum Gasteiger partial charge on any atom is 0.0446 e. The van der Waals surface area contributed by atoms with Crippen molar-refractivity contribution in [1.29, 1.82) is 0 Å². The molecule has 1 N–H and O–H groups in total. The predicted octanol–water partition coefficient (Wildman–Crippen LogP) is 2.22. The average Bonchev–Trinajstić information content (AvgIpc) is 2.40. The number of rotatable bonds is 8. The van der Waals surface area contributed by atoms with Gasteiger partial charge in [-0.25, -0.2) is 0 Å². The SMILES string of the molecule is CCN(CC(NC)c1ccccc1)C(C)CN(C)C. The quantitative estimate of drug-likeness (QED) is 0.776. The topological polar surface area (TPSA) is 18.5 Å². The van der Waals surface area contributed by atoms with Gasteiger partial charge in [0.15, 0.2) is 0 Å². The first-order valence-electron chi connectivity index (χ1n) is 7.19. The fraction of sp³-hybridized carbons (Fsp3) is 0.625. The van der Waals surface area contributed by atoms with Gasteiger partial charge in [-0.1, -0.05) is 37.3 Å². The van der Waals surface area contributed by atoms with Gasteiger partial charge in [-0.15, -0.1) is 0 Å². The summed E-state index contributed by atoms with van der Waals surface area (Å²) in [6.07, 6.45) is 0. The molecule has 0 amide bonds. The minimum atomic E-state index is 0.394. The van der Waals surface area contributed by atoms with Gasteiger partial charge in [0.2, 0.25) is 0 Å². The number of hydrogen-bond acceptors (Lipinski definition) is 3. The molecule has 0 aliphatic rings. The highest BCUT2D eigenvalue weighted by Gasteiger charge is 2.18. The Morgan fingerprint density at radius 3 is 2.21 bits per heavy atom. The van der Waals surface area contributed by atoms with Crippen molar-refractivity contribution in [2.75, 3.05) is 40.8 Å². The van der Waals surface area contributed by atoms with Crippen LogP contribution in [-0.4, -0.2) is 56.6 Å². The Kier molecular flexibility index (Phi) is 7.06. The van der Waals surface area contributed by atoms with Crippen LogP contribution in [-0.2, 0) is 0 Å². The van der Waals surface area contributed by atoms with Crippen LogP contribution in [0.2, 0.25) is 0 Å². The first-order valence-corrected chi connectivity index (χ1v) is 7.19. The normalized spacial score (nSPS) is 14.9. The zero-order chi connectivity index (χ0) is 14.3. The van der Waals surface area contributed by atoms with Crippen molar-refractivity contribution >= 4 is 0 Å². The number of benzene rings is 1. The van der Waals surface area contributed by atoms with Gasteiger partial charge >= 0.3 is 0 Å². The van der Waals surface area contributed by atoms with Gasteiger partial charge in [0.05, 0.1) is 0 Å². The van der Waals surface area contributed by atoms with Crippen LogP contribution in [0.4, 0.5) is 0 Å². The molecule has 0 radical (unpaired) electrons. The average molecular weight is 263 g/mol. The van der Waals surface area contributed by atoms with E-state index in [1.807, 2.05) is 7.05 Å². The summed E-state index contributed by atoms with van der Waals surface area (Å²) < 4.78 is 0. The van der Waals surface area contributed by atoms with E-state index in [0.29, 0.717) is 12.1 Å². The van der Waals surface area contributed by atoms with Gasteiger partial charge in [0.25, 0.3) is 0 Å². The monoisotopic (exact) mass is 263 g/mol. The van der Waals surface area contributed by atoms with E-state index in [2.05, 4.69) is 73.4 Å². The standard InChI is InChI=1S/C16H29N3/c1-6-19(14(2)12-18(4)5)13-16(17-3)15-10-8-7-9-11-15/h7-11,14,16-17H,6,12-13H2,1-5H3. The van der Waals surface area contributed by atoms with Gasteiger partial charge in [0.1, 0.15) is 0 Å². The molecular formula is C16H29N3. The van der Waals surface area contributed by atoms with Crippen LogP contribution < -0.4 is 5.32 Å². The van der Waals surface area contributed by atoms with E-state index in [-0.39, 0.29) is 0 Å². The molecule has 0 spiro atoms. The maximum atomic E-state index is 3.44. The summed E-state index contributed by atoms with van der Waals surface area (Å²) in [5.74, 6) is 0. The number of nitrogens with zero attached hydrogens (tertiary/aromatic N) is 2. The zero-order valence-electron chi connectivity index (χ0n) is 13.1. The Hall–Kier alpha value is -0.900. The fourth-order valence-electron chi connectivity index (χ4n) is 2.55. The highest BCUT2D eigenvalue weighted by Crippen LogP contribution is 2.15. The highest BCUT2D eigenvalue weighted by molar-refractivity contribution is 5.19. The Bertz CT molecular complexity index is 337. The molecule has 1 aromatic rings. The summed E-state index contributed by atoms with van der Waals surface area (Å²) in [6, 6.07) is 11.7. The molecule has 0 aliphatic carbocycles. The lowest BCUT2D eigenvalue weighted by atomic mass is 10.1. The highest BCUT2D eigenvalue weighted by atomic mass is 15.2. The molecule has 1 aromatic carbocycles. The largest absolute Gasteiger partial charge is 0.312 e. The van der Waals surface area contributed by atoms with E-state index in [4.69, 9.17) is 0 Å². The van der Waals surface area contributed by atoms with Crippen molar-refractivity contribution < 1.29 is 0 Å². The lowest BCUT2D eigenvalue weighted by Crippen LogP contribution is -2.43. The van der Waals surface area contributed by atoms with Crippen LogP contribution in [0.5, 0.6) is 0 Å². The van der Waals surface area contributed by atoms with Gasteiger partial charge in [-0.3, -0.25) is 4.90 Å². The molecule has 3 heteroatoms. The van der Waals surface area contributed by atoms with E-state index < -0.39 is 0 Å². The molecule has 2 unspecified atom stereocenters. The number of nitrogens with one attached hydrogen (secondary N) is 1. The predicted molar refractivity (Wildman–Crippen MR) is 83.5 cm³/mol. The Labute approximate surface area is 118 Å². The molecule has 3 nitrogen and oxygen atoms in total. The minimum absolute atomic E-state index is 0.394. The van der Waals surface area contributed by atoms with Crippen LogP contribution in [0.1, 0.15) is 25.5 Å². The minimum Gasteiger partial charge on any atom is -0.312 e. The van der Waals surface area contributed by atoms with Crippen molar-refractivity contribution in [3.63, 3.8) is 0 Å². The molecule has 1 rings (SSSR count). The van der Waals surface area contributed by atoms with E-state index in [1.54, 1.807) is 0 Å². The second-order valence-electron chi connectivity index (χ2n) is 5.45. The van der Waals surface area contributed by atoms with Crippen molar-refractivity contribution in [3.8, 4) is 0 Å². The Morgan fingerprint density at radius 2 is 1.74 bits per heavy atom. The summed E-state index contributed by atoms with van der Waals surface area (Å²) >= 11 is 0. The summed E-state index contributed by atoms with van der Waals surface area (Å²) in [5.41, 5.74) is 1.36. The molecule has 0 bridgehead atoms. The lowest BCUT2D eigenvalue weighted by molar-refractivity contribution is 0.166. The molecule has 0 saturated carbocycles. The molecule has 108 valence electrons. The molecule has 0 fully saturated rings. The third-order valence-corrected chi connectivity index (χ3v) is 3.63. The van der Waals surface area contributed by atoms with Crippen molar-refractivity contribution in [2.45, 2.75) is 25.9 Å². The van der Waals surface area contributed by atoms with E-state index in [9.17, 15) is 0 Å². The molecule has 19 heavy (non-hydrogen) atoms. The second kappa shape index (κ2) is 8.31. The Morgan fingerprint density at radius 1 is 1.11 bits per heavy atom. The smallest absolute Gasteiger partial charge is 0.0446 e. The zero-order valence-corrected chi connectivity index (χ0v) is 13.1. The summed E-state index contributed by atoms with van der Waals surface area (Å²) in [7, 11) is 6.32. The molecule has 2 atom stereocenters. The molecule has 0 aromatic heterocycles. The summed E-state index contributed by atoms with van der Waals surface area (Å²) in [4.78, 5) is 4.79. The van der Waals surface area contributed by atoms with Crippen LogP contribution in [0.3, 0.4) is 0 Å². The van der Waals surface area contributed by atoms with Crippen LogP contribution >= 0.6 is 0 Å². The summed E-state index contributed by atoms with van der Waals surface area (Å²) in [5, 5.41) is 3.44.